The summed E-state index contributed by atoms with van der Waals surface area (Å²) in [5.41, 5.74) is 1.18. The second kappa shape index (κ2) is 5.74. The summed E-state index contributed by atoms with van der Waals surface area (Å²) in [5, 5.41) is 8.18. The van der Waals surface area contributed by atoms with Gasteiger partial charge in [0.2, 0.25) is 0 Å². The molecule has 1 aromatic carbocycles. The van der Waals surface area contributed by atoms with E-state index in [1.54, 1.807) is 19.9 Å². The minimum atomic E-state index is -0.744. The second-order valence-electron chi connectivity index (χ2n) is 4.06. The molecule has 2 aromatic rings. The average molecular weight is 294 g/mol. The zero-order chi connectivity index (χ0) is 14.7. The second-order valence-corrected chi connectivity index (χ2v) is 4.81. The molecule has 1 aromatic heterocycles. The summed E-state index contributed by atoms with van der Waals surface area (Å²) in [7, 11) is 0. The van der Waals surface area contributed by atoms with E-state index in [4.69, 9.17) is 0 Å². The maximum absolute atomic E-state index is 13.3. The monoisotopic (exact) mass is 294 g/mol. The smallest absolute Gasteiger partial charge is 0.308 e. The molecule has 0 aliphatic carbocycles. The fraction of sp³-hybridized carbons (Fsp3) is 0.167. The summed E-state index contributed by atoms with van der Waals surface area (Å²) >= 11 is 0.897. The van der Waals surface area contributed by atoms with E-state index in [1.165, 1.54) is 12.1 Å². The number of amides is 3. The lowest BCUT2D eigenvalue weighted by Gasteiger charge is -2.06. The van der Waals surface area contributed by atoms with Gasteiger partial charge in [0.25, 0.3) is 5.91 Å². The van der Waals surface area contributed by atoms with E-state index in [-0.39, 0.29) is 10.6 Å². The lowest BCUT2D eigenvalue weighted by atomic mass is 10.2. The van der Waals surface area contributed by atoms with Gasteiger partial charge in [0.1, 0.15) is 10.7 Å². The molecule has 0 atom stereocenters. The van der Waals surface area contributed by atoms with E-state index in [0.717, 1.165) is 11.5 Å². The van der Waals surface area contributed by atoms with Crippen LogP contribution in [0.5, 0.6) is 0 Å². The van der Waals surface area contributed by atoms with Gasteiger partial charge in [0.15, 0.2) is 0 Å². The van der Waals surface area contributed by atoms with E-state index < -0.39 is 17.8 Å². The minimum Gasteiger partial charge on any atom is -0.308 e. The van der Waals surface area contributed by atoms with Gasteiger partial charge in [-0.3, -0.25) is 10.1 Å². The van der Waals surface area contributed by atoms with E-state index in [0.29, 0.717) is 11.3 Å². The Bertz CT molecular complexity index is 671. The van der Waals surface area contributed by atoms with Gasteiger partial charge in [-0.1, -0.05) is 10.6 Å². The van der Waals surface area contributed by atoms with Gasteiger partial charge in [-0.2, -0.15) is 0 Å². The molecular formula is C12H11FN4O2S. The number of nitrogens with zero attached hydrogens (tertiary/aromatic N) is 2. The van der Waals surface area contributed by atoms with Gasteiger partial charge in [-0.15, -0.1) is 5.10 Å². The molecule has 0 fully saturated rings. The predicted octanol–water partition coefficient (Wildman–Crippen LogP) is 2.26. The van der Waals surface area contributed by atoms with E-state index in [9.17, 15) is 14.0 Å². The molecule has 0 saturated heterocycles. The molecule has 2 N–H and O–H groups in total. The molecule has 0 unspecified atom stereocenters. The zero-order valence-electron chi connectivity index (χ0n) is 10.7. The molecule has 0 aliphatic rings. The Balaban J connectivity index is 2.00. The van der Waals surface area contributed by atoms with Crippen molar-refractivity contribution in [3.8, 4) is 0 Å². The van der Waals surface area contributed by atoms with Crippen LogP contribution < -0.4 is 10.6 Å². The van der Waals surface area contributed by atoms with Crippen molar-refractivity contribution in [3.63, 3.8) is 0 Å². The Labute approximate surface area is 118 Å². The molecule has 0 saturated carbocycles. The number of carbonyl (C=O) groups is 2. The van der Waals surface area contributed by atoms with Gasteiger partial charge < -0.3 is 5.32 Å². The number of hydrogen-bond donors (Lipinski definition) is 2. The first-order valence-electron chi connectivity index (χ1n) is 5.65. The molecule has 8 heteroatoms. The highest BCUT2D eigenvalue weighted by Crippen LogP contribution is 2.13. The van der Waals surface area contributed by atoms with Crippen molar-refractivity contribution in [1.82, 2.24) is 14.9 Å². The molecule has 0 aliphatic heterocycles. The highest BCUT2D eigenvalue weighted by Gasteiger charge is 2.16. The molecule has 0 radical (unpaired) electrons. The van der Waals surface area contributed by atoms with Crippen molar-refractivity contribution >= 4 is 29.2 Å². The Morgan fingerprint density at radius 1 is 1.30 bits per heavy atom. The van der Waals surface area contributed by atoms with Crippen molar-refractivity contribution in [1.29, 1.82) is 0 Å². The summed E-state index contributed by atoms with van der Waals surface area (Å²) in [6.07, 6.45) is 0. The van der Waals surface area contributed by atoms with E-state index in [2.05, 4.69) is 20.2 Å². The largest absolute Gasteiger partial charge is 0.326 e. The number of hydrogen-bond acceptors (Lipinski definition) is 5. The van der Waals surface area contributed by atoms with Gasteiger partial charge >= 0.3 is 6.03 Å². The number of aryl methyl sites for hydroxylation is 2. The average Bonchev–Trinajstić information content (AvgIpc) is 2.80. The van der Waals surface area contributed by atoms with Gasteiger partial charge in [-0.05, 0) is 43.1 Å². The number of aromatic nitrogens is 2. The molecular weight excluding hydrogens is 283 g/mol. The fourth-order valence-electron chi connectivity index (χ4n) is 1.43. The van der Waals surface area contributed by atoms with Crippen LogP contribution in [0.4, 0.5) is 14.9 Å². The summed E-state index contributed by atoms with van der Waals surface area (Å²) < 4.78 is 16.9. The van der Waals surface area contributed by atoms with Gasteiger partial charge in [-0.25, -0.2) is 9.18 Å². The first-order chi connectivity index (χ1) is 9.47. The first-order valence-corrected chi connectivity index (χ1v) is 6.42. The standard InChI is InChI=1S/C12H11FN4O2S/c1-6-3-4-8(5-9(6)13)14-12(19)15-11(18)10-7(2)16-17-20-10/h3-5H,1-2H3,(H2,14,15,18,19). The Hall–Kier alpha value is -2.35. The number of urea groups is 1. The van der Waals surface area contributed by atoms with Crippen LogP contribution >= 0.6 is 11.5 Å². The third-order valence-electron chi connectivity index (χ3n) is 2.51. The van der Waals surface area contributed by atoms with Crippen LogP contribution in [0, 0.1) is 19.7 Å². The van der Waals surface area contributed by atoms with Crippen molar-refractivity contribution in [2.45, 2.75) is 13.8 Å². The number of halogens is 1. The third-order valence-corrected chi connectivity index (χ3v) is 3.34. The zero-order valence-corrected chi connectivity index (χ0v) is 11.5. The highest BCUT2D eigenvalue weighted by atomic mass is 32.1. The molecule has 3 amide bonds. The molecule has 2 rings (SSSR count). The molecule has 20 heavy (non-hydrogen) atoms. The molecule has 0 bridgehead atoms. The van der Waals surface area contributed by atoms with Crippen LogP contribution in [0.25, 0.3) is 0 Å². The molecule has 104 valence electrons. The van der Waals surface area contributed by atoms with Crippen molar-refractivity contribution in [2.24, 2.45) is 0 Å². The number of imide groups is 1. The molecule has 1 heterocycles. The summed E-state index contributed by atoms with van der Waals surface area (Å²) in [5.74, 6) is -1.03. The van der Waals surface area contributed by atoms with Crippen molar-refractivity contribution in [3.05, 3.63) is 40.2 Å². The lowest BCUT2D eigenvalue weighted by molar-refractivity contribution is 0.0970. The predicted molar refractivity (Wildman–Crippen MR) is 72.3 cm³/mol. The Morgan fingerprint density at radius 3 is 2.65 bits per heavy atom. The van der Waals surface area contributed by atoms with E-state index in [1.807, 2.05) is 0 Å². The lowest BCUT2D eigenvalue weighted by Crippen LogP contribution is -2.34. The third kappa shape index (κ3) is 3.15. The van der Waals surface area contributed by atoms with Crippen LogP contribution in [-0.4, -0.2) is 21.5 Å². The van der Waals surface area contributed by atoms with Crippen molar-refractivity contribution in [2.75, 3.05) is 5.32 Å². The molecule has 0 spiro atoms. The number of nitrogens with one attached hydrogen (secondary N) is 2. The van der Waals surface area contributed by atoms with Crippen LogP contribution in [0.1, 0.15) is 20.9 Å². The maximum atomic E-state index is 13.3. The highest BCUT2D eigenvalue weighted by molar-refractivity contribution is 7.08. The summed E-state index contributed by atoms with van der Waals surface area (Å²) in [4.78, 5) is 23.6. The Kier molecular flexibility index (Phi) is 4.04. The minimum absolute atomic E-state index is 0.259. The number of anilines is 1. The van der Waals surface area contributed by atoms with Crippen LogP contribution in [-0.2, 0) is 0 Å². The number of benzene rings is 1. The van der Waals surface area contributed by atoms with E-state index >= 15 is 0 Å². The summed E-state index contributed by atoms with van der Waals surface area (Å²) in [6.45, 7) is 3.23. The van der Waals surface area contributed by atoms with Gasteiger partial charge in [0, 0.05) is 5.69 Å². The quantitative estimate of drug-likeness (QED) is 0.889. The molecule has 6 nitrogen and oxygen atoms in total. The fourth-order valence-corrected chi connectivity index (χ4v) is 1.98. The van der Waals surface area contributed by atoms with Gasteiger partial charge in [0.05, 0.1) is 5.69 Å². The van der Waals surface area contributed by atoms with Crippen LogP contribution in [0.2, 0.25) is 0 Å². The maximum Gasteiger partial charge on any atom is 0.326 e. The Morgan fingerprint density at radius 2 is 2.05 bits per heavy atom. The normalized spacial score (nSPS) is 10.2. The first kappa shape index (κ1) is 14.1. The van der Waals surface area contributed by atoms with Crippen LogP contribution in [0.3, 0.4) is 0 Å². The SMILES string of the molecule is Cc1ccc(NC(=O)NC(=O)c2snnc2C)cc1F. The van der Waals surface area contributed by atoms with Crippen LogP contribution in [0.15, 0.2) is 18.2 Å². The summed E-state index contributed by atoms with van der Waals surface area (Å²) in [6, 6.07) is 3.51. The number of carbonyl (C=O) groups excluding carboxylic acids is 2. The van der Waals surface area contributed by atoms with Crippen molar-refractivity contribution < 1.29 is 14.0 Å². The number of rotatable bonds is 2. The topological polar surface area (TPSA) is 84.0 Å².